The number of hydrogen-bond acceptors (Lipinski definition) is 1. The van der Waals surface area contributed by atoms with Crippen molar-refractivity contribution < 1.29 is 5.11 Å². The molecule has 0 saturated carbocycles. The van der Waals surface area contributed by atoms with Crippen LogP contribution in [0.15, 0.2) is 18.2 Å². The molecule has 1 atom stereocenters. The van der Waals surface area contributed by atoms with Crippen LogP contribution in [0.3, 0.4) is 0 Å². The lowest BCUT2D eigenvalue weighted by molar-refractivity contribution is 0.150. The van der Waals surface area contributed by atoms with E-state index in [2.05, 4.69) is 0 Å². The zero-order chi connectivity index (χ0) is 10.1. The monoisotopic (exact) mass is 238 g/mol. The number of benzene rings is 1. The Morgan fingerprint density at radius 2 is 2.00 bits per heavy atom. The molecule has 1 aromatic carbocycles. The Morgan fingerprint density at radius 3 is 2.46 bits per heavy atom. The second-order valence-corrected chi connectivity index (χ2v) is 4.71. The summed E-state index contributed by atoms with van der Waals surface area (Å²) in [4.78, 5) is 0. The maximum atomic E-state index is 9.34. The SMILES string of the molecule is CC(O)(Cl)Cc1ccc(Cl)cc1Cl. The molecule has 0 amide bonds. The van der Waals surface area contributed by atoms with Gasteiger partial charge in [-0.3, -0.25) is 0 Å². The van der Waals surface area contributed by atoms with E-state index in [1.807, 2.05) is 0 Å². The average molecular weight is 240 g/mol. The normalized spacial score (nSPS) is 15.5. The Morgan fingerprint density at radius 1 is 1.38 bits per heavy atom. The van der Waals surface area contributed by atoms with Gasteiger partial charge in [0.2, 0.25) is 0 Å². The number of hydrogen-bond donors (Lipinski definition) is 1. The van der Waals surface area contributed by atoms with E-state index in [0.29, 0.717) is 16.5 Å². The highest BCUT2D eigenvalue weighted by Gasteiger charge is 2.17. The van der Waals surface area contributed by atoms with Crippen LogP contribution in [-0.2, 0) is 6.42 Å². The summed E-state index contributed by atoms with van der Waals surface area (Å²) in [5, 5.41) is 9.17. The van der Waals surface area contributed by atoms with Crippen LogP contribution in [0.2, 0.25) is 10.0 Å². The molecular formula is C9H9Cl3O. The maximum Gasteiger partial charge on any atom is 0.139 e. The molecule has 13 heavy (non-hydrogen) atoms. The Hall–Kier alpha value is 0.0500. The first-order chi connectivity index (χ1) is 5.88. The second kappa shape index (κ2) is 4.05. The van der Waals surface area contributed by atoms with Crippen LogP contribution in [0.5, 0.6) is 0 Å². The van der Waals surface area contributed by atoms with Crippen molar-refractivity contribution in [1.29, 1.82) is 0 Å². The van der Waals surface area contributed by atoms with Crippen LogP contribution in [0.1, 0.15) is 12.5 Å². The summed E-state index contributed by atoms with van der Waals surface area (Å²) in [7, 11) is 0. The highest BCUT2D eigenvalue weighted by Crippen LogP contribution is 2.25. The molecule has 0 aliphatic heterocycles. The molecule has 1 unspecified atom stereocenters. The van der Waals surface area contributed by atoms with Gasteiger partial charge in [0.15, 0.2) is 0 Å². The van der Waals surface area contributed by atoms with Crippen molar-refractivity contribution >= 4 is 34.8 Å². The van der Waals surface area contributed by atoms with Crippen molar-refractivity contribution in [3.8, 4) is 0 Å². The van der Waals surface area contributed by atoms with Crippen LogP contribution in [0.25, 0.3) is 0 Å². The maximum absolute atomic E-state index is 9.34. The zero-order valence-electron chi connectivity index (χ0n) is 7.02. The first kappa shape index (κ1) is 11.1. The van der Waals surface area contributed by atoms with E-state index in [4.69, 9.17) is 34.8 Å². The molecule has 4 heteroatoms. The number of aliphatic hydroxyl groups is 1. The Balaban J connectivity index is 2.90. The van der Waals surface area contributed by atoms with Gasteiger partial charge < -0.3 is 5.11 Å². The third-order valence-electron chi connectivity index (χ3n) is 1.53. The summed E-state index contributed by atoms with van der Waals surface area (Å²) in [6.45, 7) is 1.51. The molecule has 0 heterocycles. The van der Waals surface area contributed by atoms with Crippen LogP contribution in [-0.4, -0.2) is 10.2 Å². The van der Waals surface area contributed by atoms with Crippen molar-refractivity contribution in [3.05, 3.63) is 33.8 Å². The summed E-state index contributed by atoms with van der Waals surface area (Å²) >= 11 is 17.2. The molecule has 1 nitrogen and oxygen atoms in total. The van der Waals surface area contributed by atoms with E-state index >= 15 is 0 Å². The largest absolute Gasteiger partial charge is 0.375 e. The van der Waals surface area contributed by atoms with Crippen LogP contribution in [0, 0.1) is 0 Å². The van der Waals surface area contributed by atoms with E-state index < -0.39 is 5.06 Å². The Bertz CT molecular complexity index is 304. The van der Waals surface area contributed by atoms with Crippen LogP contribution >= 0.6 is 34.8 Å². The summed E-state index contributed by atoms with van der Waals surface area (Å²) < 4.78 is 0. The van der Waals surface area contributed by atoms with Crippen molar-refractivity contribution in [2.24, 2.45) is 0 Å². The minimum atomic E-state index is -1.27. The van der Waals surface area contributed by atoms with Gasteiger partial charge in [-0.2, -0.15) is 0 Å². The van der Waals surface area contributed by atoms with Crippen molar-refractivity contribution in [2.45, 2.75) is 18.4 Å². The van der Waals surface area contributed by atoms with E-state index in [1.165, 1.54) is 6.92 Å². The fraction of sp³-hybridized carbons (Fsp3) is 0.333. The molecule has 0 spiro atoms. The van der Waals surface area contributed by atoms with E-state index in [-0.39, 0.29) is 0 Å². The van der Waals surface area contributed by atoms with Crippen molar-refractivity contribution in [3.63, 3.8) is 0 Å². The van der Waals surface area contributed by atoms with E-state index in [1.54, 1.807) is 18.2 Å². The molecule has 72 valence electrons. The highest BCUT2D eigenvalue weighted by atomic mass is 35.5. The molecular weight excluding hydrogens is 230 g/mol. The van der Waals surface area contributed by atoms with Gasteiger partial charge in [-0.15, -0.1) is 0 Å². The Kier molecular flexibility index (Phi) is 3.47. The van der Waals surface area contributed by atoms with Gasteiger partial charge in [0, 0.05) is 16.5 Å². The van der Waals surface area contributed by atoms with Gasteiger partial charge in [-0.05, 0) is 24.6 Å². The number of halogens is 3. The van der Waals surface area contributed by atoms with Gasteiger partial charge in [0.1, 0.15) is 5.06 Å². The summed E-state index contributed by atoms with van der Waals surface area (Å²) in [6, 6.07) is 5.09. The first-order valence-electron chi connectivity index (χ1n) is 3.74. The van der Waals surface area contributed by atoms with Crippen molar-refractivity contribution in [2.75, 3.05) is 0 Å². The van der Waals surface area contributed by atoms with Gasteiger partial charge in [0.25, 0.3) is 0 Å². The zero-order valence-corrected chi connectivity index (χ0v) is 9.29. The third kappa shape index (κ3) is 3.74. The molecule has 0 radical (unpaired) electrons. The minimum absolute atomic E-state index is 0.296. The topological polar surface area (TPSA) is 20.2 Å². The quantitative estimate of drug-likeness (QED) is 0.784. The minimum Gasteiger partial charge on any atom is -0.375 e. The number of rotatable bonds is 2. The van der Waals surface area contributed by atoms with Crippen LogP contribution in [0.4, 0.5) is 0 Å². The van der Waals surface area contributed by atoms with E-state index in [9.17, 15) is 5.11 Å². The average Bonchev–Trinajstić information content (AvgIpc) is 1.93. The van der Waals surface area contributed by atoms with Gasteiger partial charge >= 0.3 is 0 Å². The molecule has 0 fully saturated rings. The third-order valence-corrected chi connectivity index (χ3v) is 2.25. The van der Waals surface area contributed by atoms with Gasteiger partial charge in [-0.25, -0.2) is 0 Å². The standard InChI is InChI=1S/C9H9Cl3O/c1-9(12,13)5-6-2-3-7(10)4-8(6)11/h2-4,13H,5H2,1H3. The lowest BCUT2D eigenvalue weighted by atomic mass is 10.1. The fourth-order valence-corrected chi connectivity index (χ4v) is 1.63. The molecule has 0 saturated heterocycles. The first-order valence-corrected chi connectivity index (χ1v) is 4.87. The predicted octanol–water partition coefficient (Wildman–Crippen LogP) is 3.48. The predicted molar refractivity (Wildman–Crippen MR) is 56.6 cm³/mol. The molecule has 1 rings (SSSR count). The highest BCUT2D eigenvalue weighted by molar-refractivity contribution is 6.35. The summed E-state index contributed by atoms with van der Waals surface area (Å²) in [5.74, 6) is 0. The van der Waals surface area contributed by atoms with Crippen LogP contribution < -0.4 is 0 Å². The Labute approximate surface area is 92.2 Å². The number of alkyl halides is 1. The second-order valence-electron chi connectivity index (χ2n) is 3.05. The van der Waals surface area contributed by atoms with E-state index in [0.717, 1.165) is 5.56 Å². The smallest absolute Gasteiger partial charge is 0.139 e. The molecule has 0 aromatic heterocycles. The van der Waals surface area contributed by atoms with Crippen molar-refractivity contribution in [1.82, 2.24) is 0 Å². The summed E-state index contributed by atoms with van der Waals surface area (Å²) in [6.07, 6.45) is 0.296. The lowest BCUT2D eigenvalue weighted by Crippen LogP contribution is -2.18. The molecule has 0 aliphatic carbocycles. The summed E-state index contributed by atoms with van der Waals surface area (Å²) in [5.41, 5.74) is 0.783. The molecule has 0 aliphatic rings. The molecule has 1 N–H and O–H groups in total. The molecule has 0 bridgehead atoms. The fourth-order valence-electron chi connectivity index (χ4n) is 1.01. The van der Waals surface area contributed by atoms with Gasteiger partial charge in [0.05, 0.1) is 0 Å². The van der Waals surface area contributed by atoms with Gasteiger partial charge in [-0.1, -0.05) is 40.9 Å². The molecule has 1 aromatic rings. The lowest BCUT2D eigenvalue weighted by Gasteiger charge is -2.15.